The second kappa shape index (κ2) is 5.44. The van der Waals surface area contributed by atoms with Crippen molar-refractivity contribution in [3.05, 3.63) is 17.5 Å². The molecular formula is C13H20N4O. The average Bonchev–Trinajstić information content (AvgIpc) is 2.75. The van der Waals surface area contributed by atoms with E-state index >= 15 is 0 Å². The predicted octanol–water partition coefficient (Wildman–Crippen LogP) is 1.41. The van der Waals surface area contributed by atoms with Crippen LogP contribution in [0.5, 0.6) is 0 Å². The molecule has 1 heterocycles. The van der Waals surface area contributed by atoms with Gasteiger partial charge in [-0.3, -0.25) is 10.1 Å². The third-order valence-electron chi connectivity index (χ3n) is 3.52. The highest BCUT2D eigenvalue weighted by atomic mass is 16.2. The lowest BCUT2D eigenvalue weighted by Crippen LogP contribution is -2.30. The van der Waals surface area contributed by atoms with E-state index in [4.69, 9.17) is 5.73 Å². The third kappa shape index (κ3) is 2.85. The first-order valence-corrected chi connectivity index (χ1v) is 6.43. The van der Waals surface area contributed by atoms with E-state index in [9.17, 15) is 4.79 Å². The molecule has 2 atom stereocenters. The Morgan fingerprint density at radius 1 is 1.39 bits per heavy atom. The molecule has 0 aliphatic heterocycles. The summed E-state index contributed by atoms with van der Waals surface area (Å²) in [5, 5.41) is 2.81. The summed E-state index contributed by atoms with van der Waals surface area (Å²) in [6, 6.07) is 1.88. The highest BCUT2D eigenvalue weighted by molar-refractivity contribution is 5.91. The maximum absolute atomic E-state index is 12.2. The van der Waals surface area contributed by atoms with Crippen LogP contribution < -0.4 is 11.1 Å². The van der Waals surface area contributed by atoms with Crippen LogP contribution in [0.4, 0.5) is 5.95 Å². The molecule has 5 heteroatoms. The summed E-state index contributed by atoms with van der Waals surface area (Å²) in [6.07, 6.45) is 3.04. The van der Waals surface area contributed by atoms with Crippen molar-refractivity contribution in [2.45, 2.75) is 33.1 Å². The molecule has 1 aliphatic carbocycles. The Labute approximate surface area is 107 Å². The molecule has 18 heavy (non-hydrogen) atoms. The van der Waals surface area contributed by atoms with E-state index in [1.165, 1.54) is 0 Å². The van der Waals surface area contributed by atoms with Crippen LogP contribution in [-0.2, 0) is 4.79 Å². The van der Waals surface area contributed by atoms with Gasteiger partial charge in [-0.25, -0.2) is 9.97 Å². The first kappa shape index (κ1) is 13.0. The topological polar surface area (TPSA) is 80.9 Å². The number of carbonyl (C=O) groups excluding carboxylic acids is 1. The number of nitrogens with two attached hydrogens (primary N) is 1. The Kier molecular flexibility index (Phi) is 3.91. The molecule has 1 aliphatic rings. The monoisotopic (exact) mass is 248 g/mol. The van der Waals surface area contributed by atoms with Crippen LogP contribution in [0.1, 0.15) is 30.7 Å². The number of anilines is 1. The van der Waals surface area contributed by atoms with E-state index in [1.54, 1.807) is 0 Å². The Bertz CT molecular complexity index is 426. The first-order valence-electron chi connectivity index (χ1n) is 6.43. The minimum Gasteiger partial charge on any atom is -0.330 e. The molecule has 0 saturated heterocycles. The zero-order chi connectivity index (χ0) is 13.1. The van der Waals surface area contributed by atoms with Crippen molar-refractivity contribution in [3.8, 4) is 0 Å². The quantitative estimate of drug-likeness (QED) is 0.847. The van der Waals surface area contributed by atoms with E-state index in [2.05, 4.69) is 15.3 Å². The van der Waals surface area contributed by atoms with Crippen molar-refractivity contribution in [3.63, 3.8) is 0 Å². The lowest BCUT2D eigenvalue weighted by atomic mass is 9.95. The SMILES string of the molecule is Cc1cc(C)nc(NC(=O)C2CCCC2CN)n1. The van der Waals surface area contributed by atoms with Gasteiger partial charge in [-0.15, -0.1) is 0 Å². The maximum atomic E-state index is 12.2. The molecule has 5 nitrogen and oxygen atoms in total. The van der Waals surface area contributed by atoms with Gasteiger partial charge in [0, 0.05) is 17.3 Å². The minimum atomic E-state index is 0.00736. The molecule has 0 spiro atoms. The first-order chi connectivity index (χ1) is 8.60. The number of nitrogens with zero attached hydrogens (tertiary/aromatic N) is 2. The standard InChI is InChI=1S/C13H20N4O/c1-8-6-9(2)16-13(15-8)17-12(18)11-5-3-4-10(11)7-14/h6,10-11H,3-5,7,14H2,1-2H3,(H,15,16,17,18). The van der Waals surface area contributed by atoms with Crippen LogP contribution in [-0.4, -0.2) is 22.4 Å². The molecule has 1 fully saturated rings. The lowest BCUT2D eigenvalue weighted by molar-refractivity contribution is -0.120. The second-order valence-corrected chi connectivity index (χ2v) is 5.00. The van der Waals surface area contributed by atoms with Crippen LogP contribution >= 0.6 is 0 Å². The number of rotatable bonds is 3. The molecule has 0 bridgehead atoms. The molecule has 0 aromatic carbocycles. The van der Waals surface area contributed by atoms with Crippen molar-refractivity contribution in [2.24, 2.45) is 17.6 Å². The van der Waals surface area contributed by atoms with E-state index in [-0.39, 0.29) is 11.8 Å². The van der Waals surface area contributed by atoms with Crippen molar-refractivity contribution >= 4 is 11.9 Å². The third-order valence-corrected chi connectivity index (χ3v) is 3.52. The Hall–Kier alpha value is -1.49. The Morgan fingerprint density at radius 3 is 2.67 bits per heavy atom. The molecular weight excluding hydrogens is 228 g/mol. The van der Waals surface area contributed by atoms with Gasteiger partial charge in [0.15, 0.2) is 0 Å². The lowest BCUT2D eigenvalue weighted by Gasteiger charge is -2.16. The molecule has 1 aromatic rings. The van der Waals surface area contributed by atoms with Crippen LogP contribution in [0.15, 0.2) is 6.07 Å². The summed E-state index contributed by atoms with van der Waals surface area (Å²) in [5.74, 6) is 0.725. The fourth-order valence-electron chi connectivity index (χ4n) is 2.65. The van der Waals surface area contributed by atoms with Gasteiger partial charge in [0.25, 0.3) is 0 Å². The van der Waals surface area contributed by atoms with Crippen LogP contribution in [0.25, 0.3) is 0 Å². The molecule has 2 rings (SSSR count). The summed E-state index contributed by atoms with van der Waals surface area (Å²) < 4.78 is 0. The maximum Gasteiger partial charge on any atom is 0.230 e. The highest BCUT2D eigenvalue weighted by Crippen LogP contribution is 2.31. The normalized spacial score (nSPS) is 23.1. The van der Waals surface area contributed by atoms with E-state index in [0.29, 0.717) is 18.4 Å². The van der Waals surface area contributed by atoms with Gasteiger partial charge < -0.3 is 5.73 Å². The van der Waals surface area contributed by atoms with Crippen molar-refractivity contribution in [1.82, 2.24) is 9.97 Å². The zero-order valence-electron chi connectivity index (χ0n) is 10.9. The van der Waals surface area contributed by atoms with Gasteiger partial charge in [-0.05, 0) is 45.2 Å². The molecule has 0 radical (unpaired) electrons. The molecule has 2 unspecified atom stereocenters. The summed E-state index contributed by atoms with van der Waals surface area (Å²) in [4.78, 5) is 20.6. The van der Waals surface area contributed by atoms with Gasteiger partial charge in [-0.2, -0.15) is 0 Å². The number of aryl methyl sites for hydroxylation is 2. The number of hydrogen-bond donors (Lipinski definition) is 2. The molecule has 98 valence electrons. The fourth-order valence-corrected chi connectivity index (χ4v) is 2.65. The van der Waals surface area contributed by atoms with E-state index in [1.807, 2.05) is 19.9 Å². The number of hydrogen-bond acceptors (Lipinski definition) is 4. The van der Waals surface area contributed by atoms with Gasteiger partial charge in [0.1, 0.15) is 0 Å². The van der Waals surface area contributed by atoms with Gasteiger partial charge >= 0.3 is 0 Å². The van der Waals surface area contributed by atoms with Crippen LogP contribution in [0, 0.1) is 25.7 Å². The summed E-state index contributed by atoms with van der Waals surface area (Å²) in [7, 11) is 0. The molecule has 3 N–H and O–H groups in total. The molecule has 1 aromatic heterocycles. The summed E-state index contributed by atoms with van der Waals surface area (Å²) >= 11 is 0. The van der Waals surface area contributed by atoms with Crippen molar-refractivity contribution in [2.75, 3.05) is 11.9 Å². The largest absolute Gasteiger partial charge is 0.330 e. The zero-order valence-corrected chi connectivity index (χ0v) is 10.9. The summed E-state index contributed by atoms with van der Waals surface area (Å²) in [5.41, 5.74) is 7.41. The fraction of sp³-hybridized carbons (Fsp3) is 0.615. The van der Waals surface area contributed by atoms with Gasteiger partial charge in [0.2, 0.25) is 11.9 Å². The van der Waals surface area contributed by atoms with Crippen molar-refractivity contribution in [1.29, 1.82) is 0 Å². The molecule has 1 saturated carbocycles. The Balaban J connectivity index is 2.06. The van der Waals surface area contributed by atoms with Gasteiger partial charge in [-0.1, -0.05) is 6.42 Å². The van der Waals surface area contributed by atoms with E-state index < -0.39 is 0 Å². The Morgan fingerprint density at radius 2 is 2.06 bits per heavy atom. The molecule has 1 amide bonds. The number of aromatic nitrogens is 2. The predicted molar refractivity (Wildman–Crippen MR) is 70.0 cm³/mol. The smallest absolute Gasteiger partial charge is 0.230 e. The highest BCUT2D eigenvalue weighted by Gasteiger charge is 2.32. The van der Waals surface area contributed by atoms with E-state index in [0.717, 1.165) is 30.7 Å². The minimum absolute atomic E-state index is 0.00736. The van der Waals surface area contributed by atoms with Crippen molar-refractivity contribution < 1.29 is 4.79 Å². The number of nitrogens with one attached hydrogen (secondary N) is 1. The summed E-state index contributed by atoms with van der Waals surface area (Å²) in [6.45, 7) is 4.36. The van der Waals surface area contributed by atoms with Crippen LogP contribution in [0.3, 0.4) is 0 Å². The number of carbonyl (C=O) groups is 1. The van der Waals surface area contributed by atoms with Gasteiger partial charge in [0.05, 0.1) is 0 Å². The van der Waals surface area contributed by atoms with Crippen LogP contribution in [0.2, 0.25) is 0 Å². The number of amides is 1. The average molecular weight is 248 g/mol. The second-order valence-electron chi connectivity index (χ2n) is 5.00.